The van der Waals surface area contributed by atoms with Crippen LogP contribution >= 0.6 is 0 Å². The molecule has 0 aromatic heterocycles. The lowest BCUT2D eigenvalue weighted by molar-refractivity contribution is 0.110. The second-order valence-electron chi connectivity index (χ2n) is 2.70. The van der Waals surface area contributed by atoms with E-state index in [9.17, 15) is 4.79 Å². The van der Waals surface area contributed by atoms with E-state index in [0.717, 1.165) is 0 Å². The molecule has 1 saturated heterocycles. The summed E-state index contributed by atoms with van der Waals surface area (Å²) >= 11 is 0. The van der Waals surface area contributed by atoms with E-state index in [1.54, 1.807) is 0 Å². The maximum atomic E-state index is 10.5. The Morgan fingerprint density at radius 3 is 2.42 bits per heavy atom. The average Bonchev–Trinajstić information content (AvgIpc) is 2.06. The van der Waals surface area contributed by atoms with Crippen molar-refractivity contribution >= 4 is 6.09 Å². The van der Waals surface area contributed by atoms with Crippen LogP contribution in [0.2, 0.25) is 0 Å². The fraction of sp³-hybridized carbons (Fsp3) is 0.714. The first kappa shape index (κ1) is 8.81. The zero-order chi connectivity index (χ0) is 8.97. The maximum absolute atomic E-state index is 10.5. The molecule has 1 fully saturated rings. The summed E-state index contributed by atoms with van der Waals surface area (Å²) in [6.07, 6.45) is -0.869. The molecule has 5 nitrogen and oxygen atoms in total. The average molecular weight is 169 g/mol. The quantitative estimate of drug-likeness (QED) is 0.552. The Morgan fingerprint density at radius 1 is 1.42 bits per heavy atom. The lowest BCUT2D eigenvalue weighted by atomic mass is 10.3. The minimum atomic E-state index is -0.869. The van der Waals surface area contributed by atoms with Gasteiger partial charge in [0.25, 0.3) is 0 Å². The molecule has 66 valence electrons. The van der Waals surface area contributed by atoms with Crippen LogP contribution in [0.1, 0.15) is 0 Å². The number of carbonyl (C=O) groups is 1. The van der Waals surface area contributed by atoms with Gasteiger partial charge in [0.15, 0.2) is 0 Å². The molecule has 0 aromatic rings. The lowest BCUT2D eigenvalue weighted by Crippen LogP contribution is -2.48. The van der Waals surface area contributed by atoms with Crippen molar-refractivity contribution in [1.29, 1.82) is 5.26 Å². The highest BCUT2D eigenvalue weighted by Gasteiger charge is 2.19. The van der Waals surface area contributed by atoms with Gasteiger partial charge in [0, 0.05) is 26.2 Å². The molecule has 0 radical (unpaired) electrons. The number of hydrogen-bond acceptors (Lipinski definition) is 3. The number of amides is 1. The minimum absolute atomic E-state index is 0.396. The first-order valence-corrected chi connectivity index (χ1v) is 3.81. The van der Waals surface area contributed by atoms with Gasteiger partial charge in [0.2, 0.25) is 0 Å². The summed E-state index contributed by atoms with van der Waals surface area (Å²) in [4.78, 5) is 13.8. The Kier molecular flexibility index (Phi) is 2.88. The van der Waals surface area contributed by atoms with Crippen molar-refractivity contribution in [3.05, 3.63) is 0 Å². The number of nitrogens with zero attached hydrogens (tertiary/aromatic N) is 3. The van der Waals surface area contributed by atoms with Crippen LogP contribution in [0.4, 0.5) is 4.79 Å². The molecule has 0 unspecified atom stereocenters. The van der Waals surface area contributed by atoms with Crippen LogP contribution in [0.25, 0.3) is 0 Å². The molecule has 12 heavy (non-hydrogen) atoms. The molecule has 0 aromatic carbocycles. The second kappa shape index (κ2) is 3.93. The predicted octanol–water partition coefficient (Wildman–Crippen LogP) is -0.194. The third kappa shape index (κ3) is 2.10. The summed E-state index contributed by atoms with van der Waals surface area (Å²) in [6.45, 7) is 2.75. The highest BCUT2D eigenvalue weighted by atomic mass is 16.4. The summed E-state index contributed by atoms with van der Waals surface area (Å²) in [5.41, 5.74) is 0. The standard InChI is InChI=1S/C7H11N3O2/c8-1-2-9-3-5-10(6-4-9)7(11)12/h2-6H2,(H,11,12). The molecule has 0 saturated carbocycles. The zero-order valence-electron chi connectivity index (χ0n) is 6.73. The van der Waals surface area contributed by atoms with Gasteiger partial charge in [-0.05, 0) is 0 Å². The minimum Gasteiger partial charge on any atom is -0.465 e. The highest BCUT2D eigenvalue weighted by Crippen LogP contribution is 2.00. The first-order chi connectivity index (χ1) is 5.74. The van der Waals surface area contributed by atoms with E-state index in [1.807, 2.05) is 11.0 Å². The summed E-state index contributed by atoms with van der Waals surface area (Å²) in [6, 6.07) is 2.04. The topological polar surface area (TPSA) is 67.6 Å². The van der Waals surface area contributed by atoms with Crippen LogP contribution in [0, 0.1) is 11.3 Å². The SMILES string of the molecule is N#CCN1CCN(C(=O)O)CC1. The predicted molar refractivity (Wildman–Crippen MR) is 41.7 cm³/mol. The van der Waals surface area contributed by atoms with Crippen molar-refractivity contribution in [3.63, 3.8) is 0 Å². The fourth-order valence-corrected chi connectivity index (χ4v) is 1.20. The Morgan fingerprint density at radius 2 is 2.00 bits per heavy atom. The van der Waals surface area contributed by atoms with Crippen LogP contribution in [0.3, 0.4) is 0 Å². The molecule has 1 amide bonds. The Balaban J connectivity index is 2.30. The van der Waals surface area contributed by atoms with Crippen molar-refractivity contribution < 1.29 is 9.90 Å². The van der Waals surface area contributed by atoms with E-state index < -0.39 is 6.09 Å². The summed E-state index contributed by atoms with van der Waals surface area (Å²) in [5, 5.41) is 17.0. The van der Waals surface area contributed by atoms with Gasteiger partial charge in [-0.25, -0.2) is 4.79 Å². The van der Waals surface area contributed by atoms with Crippen LogP contribution in [0.5, 0.6) is 0 Å². The van der Waals surface area contributed by atoms with E-state index in [1.165, 1.54) is 4.90 Å². The van der Waals surface area contributed by atoms with Gasteiger partial charge >= 0.3 is 6.09 Å². The van der Waals surface area contributed by atoms with E-state index in [-0.39, 0.29) is 0 Å². The van der Waals surface area contributed by atoms with Gasteiger partial charge < -0.3 is 10.0 Å². The molecule has 1 N–H and O–H groups in total. The Bertz CT molecular complexity index is 203. The molecule has 0 spiro atoms. The van der Waals surface area contributed by atoms with E-state index in [2.05, 4.69) is 0 Å². The number of rotatable bonds is 1. The highest BCUT2D eigenvalue weighted by molar-refractivity contribution is 5.65. The van der Waals surface area contributed by atoms with E-state index in [4.69, 9.17) is 10.4 Å². The van der Waals surface area contributed by atoms with Gasteiger partial charge in [-0.2, -0.15) is 5.26 Å². The van der Waals surface area contributed by atoms with Crippen LogP contribution < -0.4 is 0 Å². The largest absolute Gasteiger partial charge is 0.465 e. The smallest absolute Gasteiger partial charge is 0.407 e. The number of nitriles is 1. The molecular formula is C7H11N3O2. The van der Waals surface area contributed by atoms with Crippen LogP contribution in [0.15, 0.2) is 0 Å². The van der Waals surface area contributed by atoms with Gasteiger partial charge in [0.1, 0.15) is 0 Å². The third-order valence-electron chi connectivity index (χ3n) is 1.94. The third-order valence-corrected chi connectivity index (χ3v) is 1.94. The summed E-state index contributed by atoms with van der Waals surface area (Å²) < 4.78 is 0. The van der Waals surface area contributed by atoms with Crippen LogP contribution in [-0.4, -0.2) is 53.7 Å². The monoisotopic (exact) mass is 169 g/mol. The van der Waals surface area contributed by atoms with Gasteiger partial charge in [-0.15, -0.1) is 0 Å². The molecule has 1 rings (SSSR count). The molecule has 0 atom stereocenters. The first-order valence-electron chi connectivity index (χ1n) is 3.81. The normalized spacial score (nSPS) is 18.8. The fourth-order valence-electron chi connectivity index (χ4n) is 1.20. The number of hydrogen-bond donors (Lipinski definition) is 1. The van der Waals surface area contributed by atoms with E-state index in [0.29, 0.717) is 32.7 Å². The molecule has 1 aliphatic rings. The molecule has 0 aliphatic carbocycles. The van der Waals surface area contributed by atoms with Crippen molar-refractivity contribution in [1.82, 2.24) is 9.80 Å². The maximum Gasteiger partial charge on any atom is 0.407 e. The van der Waals surface area contributed by atoms with Crippen molar-refractivity contribution in [2.45, 2.75) is 0 Å². The molecule has 1 heterocycles. The molecule has 5 heteroatoms. The Labute approximate surface area is 70.8 Å². The summed E-state index contributed by atoms with van der Waals surface area (Å²) in [5.74, 6) is 0. The molecular weight excluding hydrogens is 158 g/mol. The van der Waals surface area contributed by atoms with Crippen molar-refractivity contribution in [2.75, 3.05) is 32.7 Å². The second-order valence-corrected chi connectivity index (χ2v) is 2.70. The zero-order valence-corrected chi connectivity index (χ0v) is 6.73. The molecule has 1 aliphatic heterocycles. The van der Waals surface area contributed by atoms with Gasteiger partial charge in [0.05, 0.1) is 12.6 Å². The molecule has 0 bridgehead atoms. The van der Waals surface area contributed by atoms with Crippen molar-refractivity contribution in [2.24, 2.45) is 0 Å². The lowest BCUT2D eigenvalue weighted by Gasteiger charge is -2.31. The number of carboxylic acid groups (broad SMARTS) is 1. The summed E-state index contributed by atoms with van der Waals surface area (Å²) in [7, 11) is 0. The van der Waals surface area contributed by atoms with Gasteiger partial charge in [-0.1, -0.05) is 0 Å². The van der Waals surface area contributed by atoms with Crippen LogP contribution in [-0.2, 0) is 0 Å². The number of piperazine rings is 1. The Hall–Kier alpha value is -1.28. The van der Waals surface area contributed by atoms with Gasteiger partial charge in [-0.3, -0.25) is 4.90 Å². The van der Waals surface area contributed by atoms with Crippen molar-refractivity contribution in [3.8, 4) is 6.07 Å². The van der Waals surface area contributed by atoms with E-state index >= 15 is 0 Å².